The van der Waals surface area contributed by atoms with E-state index in [-0.39, 0.29) is 11.7 Å². The maximum absolute atomic E-state index is 12.4. The number of hydrogen-bond donors (Lipinski definition) is 1. The average molecular weight is 491 g/mol. The quantitative estimate of drug-likeness (QED) is 0.335. The van der Waals surface area contributed by atoms with Gasteiger partial charge in [-0.1, -0.05) is 46.6 Å². The highest BCUT2D eigenvalue weighted by Crippen LogP contribution is 2.31. The molecule has 0 aliphatic heterocycles. The number of carbonyl (C=O) groups excluding carboxylic acids is 1. The summed E-state index contributed by atoms with van der Waals surface area (Å²) in [6.07, 6.45) is 3.37. The molecular formula is C21H14Cl3N5OS. The van der Waals surface area contributed by atoms with Crippen molar-refractivity contribution in [2.75, 3.05) is 11.1 Å². The van der Waals surface area contributed by atoms with Crippen LogP contribution in [-0.2, 0) is 4.79 Å². The molecule has 0 saturated heterocycles. The minimum atomic E-state index is -0.182. The second kappa shape index (κ2) is 9.70. The third-order valence-corrected chi connectivity index (χ3v) is 6.09. The van der Waals surface area contributed by atoms with Gasteiger partial charge in [-0.15, -0.1) is 10.2 Å². The molecule has 0 aliphatic carbocycles. The fourth-order valence-corrected chi connectivity index (χ4v) is 3.93. The maximum atomic E-state index is 12.4. The molecule has 2 heterocycles. The lowest BCUT2D eigenvalue weighted by Crippen LogP contribution is -2.14. The third-order valence-electron chi connectivity index (χ3n) is 4.17. The highest BCUT2D eigenvalue weighted by molar-refractivity contribution is 7.99. The van der Waals surface area contributed by atoms with Gasteiger partial charge in [0.15, 0.2) is 11.0 Å². The van der Waals surface area contributed by atoms with Gasteiger partial charge in [-0.2, -0.15) is 0 Å². The standard InChI is InChI=1S/C21H14Cl3N5OS/c22-14-3-5-15(6-4-14)26-19(30)12-31-21-28-27-20(13-2-1-9-25-11-13)29(21)16-7-8-17(23)18(24)10-16/h1-11H,12H2,(H,26,30). The number of hydrogen-bond acceptors (Lipinski definition) is 5. The average Bonchev–Trinajstić information content (AvgIpc) is 3.20. The monoisotopic (exact) mass is 489 g/mol. The number of nitrogens with zero attached hydrogens (tertiary/aromatic N) is 4. The van der Waals surface area contributed by atoms with Gasteiger partial charge in [0.25, 0.3) is 0 Å². The molecular weight excluding hydrogens is 477 g/mol. The van der Waals surface area contributed by atoms with Crippen molar-refractivity contribution < 1.29 is 4.79 Å². The van der Waals surface area contributed by atoms with Crippen molar-refractivity contribution in [2.24, 2.45) is 0 Å². The number of halogens is 3. The van der Waals surface area contributed by atoms with Gasteiger partial charge in [0, 0.05) is 28.7 Å². The normalized spacial score (nSPS) is 10.8. The molecule has 0 bridgehead atoms. The van der Waals surface area contributed by atoms with Crippen LogP contribution in [0.15, 0.2) is 72.1 Å². The first kappa shape index (κ1) is 21.6. The van der Waals surface area contributed by atoms with E-state index in [2.05, 4.69) is 20.5 Å². The van der Waals surface area contributed by atoms with Crippen molar-refractivity contribution in [3.63, 3.8) is 0 Å². The van der Waals surface area contributed by atoms with Crippen molar-refractivity contribution in [3.8, 4) is 17.1 Å². The summed E-state index contributed by atoms with van der Waals surface area (Å²) in [6.45, 7) is 0. The fraction of sp³-hybridized carbons (Fsp3) is 0.0476. The summed E-state index contributed by atoms with van der Waals surface area (Å²) in [6, 6.07) is 15.8. The topological polar surface area (TPSA) is 72.7 Å². The molecule has 156 valence electrons. The van der Waals surface area contributed by atoms with E-state index in [9.17, 15) is 4.79 Å². The molecule has 0 atom stereocenters. The summed E-state index contributed by atoms with van der Waals surface area (Å²) >= 11 is 19.4. The number of anilines is 1. The van der Waals surface area contributed by atoms with Crippen molar-refractivity contribution in [3.05, 3.63) is 82.1 Å². The molecule has 4 aromatic rings. The van der Waals surface area contributed by atoms with Crippen LogP contribution >= 0.6 is 46.6 Å². The summed E-state index contributed by atoms with van der Waals surface area (Å²) in [7, 11) is 0. The molecule has 1 amide bonds. The fourth-order valence-electron chi connectivity index (χ4n) is 2.76. The molecule has 0 fully saturated rings. The lowest BCUT2D eigenvalue weighted by atomic mass is 10.2. The van der Waals surface area contributed by atoms with Crippen LogP contribution in [0.5, 0.6) is 0 Å². The van der Waals surface area contributed by atoms with Crippen molar-refractivity contribution in [1.82, 2.24) is 19.7 Å². The first-order valence-corrected chi connectivity index (χ1v) is 11.1. The van der Waals surface area contributed by atoms with Gasteiger partial charge in [0.1, 0.15) is 0 Å². The summed E-state index contributed by atoms with van der Waals surface area (Å²) in [5.41, 5.74) is 2.16. The lowest BCUT2D eigenvalue weighted by Gasteiger charge is -2.11. The zero-order chi connectivity index (χ0) is 21.8. The second-order valence-corrected chi connectivity index (χ2v) is 8.52. The Hall–Kier alpha value is -2.58. The molecule has 10 heteroatoms. The molecule has 4 rings (SSSR count). The van der Waals surface area contributed by atoms with Crippen LogP contribution in [0.1, 0.15) is 0 Å². The predicted molar refractivity (Wildman–Crippen MR) is 125 cm³/mol. The Morgan fingerprint density at radius 2 is 1.81 bits per heavy atom. The van der Waals surface area contributed by atoms with E-state index in [1.807, 2.05) is 22.8 Å². The number of pyridine rings is 1. The zero-order valence-electron chi connectivity index (χ0n) is 15.8. The molecule has 0 unspecified atom stereocenters. The number of thioether (sulfide) groups is 1. The molecule has 6 nitrogen and oxygen atoms in total. The summed E-state index contributed by atoms with van der Waals surface area (Å²) in [4.78, 5) is 16.6. The molecule has 2 aromatic heterocycles. The summed E-state index contributed by atoms with van der Waals surface area (Å²) in [5, 5.41) is 13.4. The van der Waals surface area contributed by atoms with Gasteiger partial charge in [-0.05, 0) is 54.6 Å². The van der Waals surface area contributed by atoms with E-state index in [1.54, 1.807) is 48.8 Å². The van der Waals surface area contributed by atoms with E-state index in [1.165, 1.54) is 11.8 Å². The second-order valence-electron chi connectivity index (χ2n) is 6.33. The Bertz CT molecular complexity index is 1220. The summed E-state index contributed by atoms with van der Waals surface area (Å²) in [5.74, 6) is 0.529. The smallest absolute Gasteiger partial charge is 0.234 e. The van der Waals surface area contributed by atoms with E-state index in [4.69, 9.17) is 34.8 Å². The predicted octanol–water partition coefficient (Wildman–Crippen LogP) is 6.02. The van der Waals surface area contributed by atoms with E-state index in [0.29, 0.717) is 31.7 Å². The minimum absolute atomic E-state index is 0.134. The van der Waals surface area contributed by atoms with E-state index < -0.39 is 0 Å². The zero-order valence-corrected chi connectivity index (χ0v) is 18.9. The third kappa shape index (κ3) is 5.19. The molecule has 2 aromatic carbocycles. The van der Waals surface area contributed by atoms with Crippen molar-refractivity contribution >= 4 is 58.2 Å². The number of amides is 1. The first-order chi connectivity index (χ1) is 15.0. The largest absolute Gasteiger partial charge is 0.325 e. The highest BCUT2D eigenvalue weighted by atomic mass is 35.5. The Labute approximate surface area is 197 Å². The van der Waals surface area contributed by atoms with Crippen LogP contribution in [0.3, 0.4) is 0 Å². The summed E-state index contributed by atoms with van der Waals surface area (Å²) < 4.78 is 1.82. The van der Waals surface area contributed by atoms with Crippen LogP contribution in [0.25, 0.3) is 17.1 Å². The Morgan fingerprint density at radius 1 is 1.00 bits per heavy atom. The Kier molecular flexibility index (Phi) is 6.77. The number of benzene rings is 2. The minimum Gasteiger partial charge on any atom is -0.325 e. The van der Waals surface area contributed by atoms with Gasteiger partial charge in [0.2, 0.25) is 5.91 Å². The SMILES string of the molecule is O=C(CSc1nnc(-c2cccnc2)n1-c1ccc(Cl)c(Cl)c1)Nc1ccc(Cl)cc1. The number of rotatable bonds is 6. The Morgan fingerprint density at radius 3 is 2.52 bits per heavy atom. The molecule has 0 spiro atoms. The van der Waals surface area contributed by atoms with Crippen LogP contribution in [0.4, 0.5) is 5.69 Å². The Balaban J connectivity index is 1.61. The van der Waals surface area contributed by atoms with Crippen LogP contribution < -0.4 is 5.32 Å². The molecule has 0 aliphatic rings. The molecule has 1 N–H and O–H groups in total. The van der Waals surface area contributed by atoms with E-state index in [0.717, 1.165) is 11.3 Å². The van der Waals surface area contributed by atoms with Crippen LogP contribution in [0.2, 0.25) is 15.1 Å². The van der Waals surface area contributed by atoms with Gasteiger partial charge in [-0.25, -0.2) is 0 Å². The first-order valence-electron chi connectivity index (χ1n) is 9.01. The van der Waals surface area contributed by atoms with Crippen molar-refractivity contribution in [1.29, 1.82) is 0 Å². The van der Waals surface area contributed by atoms with Crippen LogP contribution in [0, 0.1) is 0 Å². The maximum Gasteiger partial charge on any atom is 0.234 e. The highest BCUT2D eigenvalue weighted by Gasteiger charge is 2.18. The van der Waals surface area contributed by atoms with E-state index >= 15 is 0 Å². The number of carbonyl (C=O) groups is 1. The molecule has 0 radical (unpaired) electrons. The van der Waals surface area contributed by atoms with Crippen LogP contribution in [-0.4, -0.2) is 31.4 Å². The number of aromatic nitrogens is 4. The van der Waals surface area contributed by atoms with Gasteiger partial charge in [-0.3, -0.25) is 14.3 Å². The number of nitrogens with one attached hydrogen (secondary N) is 1. The lowest BCUT2D eigenvalue weighted by molar-refractivity contribution is -0.113. The molecule has 31 heavy (non-hydrogen) atoms. The van der Waals surface area contributed by atoms with Crippen molar-refractivity contribution in [2.45, 2.75) is 5.16 Å². The van der Waals surface area contributed by atoms with Gasteiger partial charge < -0.3 is 5.32 Å². The van der Waals surface area contributed by atoms with Gasteiger partial charge in [0.05, 0.1) is 21.5 Å². The van der Waals surface area contributed by atoms with Gasteiger partial charge >= 0.3 is 0 Å². The molecule has 0 saturated carbocycles.